The van der Waals surface area contributed by atoms with Gasteiger partial charge in [0.25, 0.3) is 0 Å². The lowest BCUT2D eigenvalue weighted by Gasteiger charge is -2.19. The Morgan fingerprint density at radius 1 is 1.22 bits per heavy atom. The number of hydrogen-bond acceptors (Lipinski definition) is 3. The third kappa shape index (κ3) is 4.04. The number of hydrogen-bond donors (Lipinski definition) is 1. The Bertz CT molecular complexity index is 359. The van der Waals surface area contributed by atoms with Crippen molar-refractivity contribution in [1.29, 1.82) is 0 Å². The van der Waals surface area contributed by atoms with Crippen molar-refractivity contribution in [3.8, 4) is 0 Å². The normalized spacial score (nSPS) is 16.1. The predicted molar refractivity (Wildman–Crippen MR) is 70.6 cm³/mol. The van der Waals surface area contributed by atoms with E-state index in [0.29, 0.717) is 6.61 Å². The standard InChI is InChI=1S/C14H20N2O2/c17-14(16-10-4-8-15-9-11-16)18-12-7-13-5-2-1-3-6-13/h1-3,5-6,15H,4,7-12H2. The highest BCUT2D eigenvalue weighted by atomic mass is 16.6. The minimum Gasteiger partial charge on any atom is -0.449 e. The van der Waals surface area contributed by atoms with Gasteiger partial charge in [-0.3, -0.25) is 0 Å². The van der Waals surface area contributed by atoms with Crippen LogP contribution in [0, 0.1) is 0 Å². The molecule has 0 spiro atoms. The summed E-state index contributed by atoms with van der Waals surface area (Å²) in [5.41, 5.74) is 1.20. The van der Waals surface area contributed by atoms with Crippen molar-refractivity contribution in [3.05, 3.63) is 35.9 Å². The molecule has 0 saturated carbocycles. The molecule has 1 aromatic carbocycles. The first kappa shape index (κ1) is 12.9. The van der Waals surface area contributed by atoms with Crippen LogP contribution >= 0.6 is 0 Å². The van der Waals surface area contributed by atoms with E-state index in [-0.39, 0.29) is 6.09 Å². The molecular weight excluding hydrogens is 228 g/mol. The van der Waals surface area contributed by atoms with E-state index in [1.165, 1.54) is 5.56 Å². The number of amides is 1. The van der Waals surface area contributed by atoms with Gasteiger partial charge in [0.05, 0.1) is 6.61 Å². The average molecular weight is 248 g/mol. The molecule has 1 aliphatic heterocycles. The summed E-state index contributed by atoms with van der Waals surface area (Å²) in [5, 5.41) is 3.26. The minimum absolute atomic E-state index is 0.186. The van der Waals surface area contributed by atoms with E-state index in [0.717, 1.165) is 39.0 Å². The minimum atomic E-state index is -0.186. The highest BCUT2D eigenvalue weighted by Crippen LogP contribution is 2.02. The fourth-order valence-corrected chi connectivity index (χ4v) is 2.02. The van der Waals surface area contributed by atoms with Gasteiger partial charge in [-0.05, 0) is 18.5 Å². The van der Waals surface area contributed by atoms with Crippen LogP contribution in [0.3, 0.4) is 0 Å². The van der Waals surface area contributed by atoms with E-state index < -0.39 is 0 Å². The quantitative estimate of drug-likeness (QED) is 0.884. The van der Waals surface area contributed by atoms with Gasteiger partial charge < -0.3 is 15.0 Å². The molecule has 4 heteroatoms. The topological polar surface area (TPSA) is 41.6 Å². The molecule has 0 unspecified atom stereocenters. The molecule has 0 aromatic heterocycles. The number of benzene rings is 1. The Morgan fingerprint density at radius 3 is 2.89 bits per heavy atom. The van der Waals surface area contributed by atoms with E-state index in [9.17, 15) is 4.79 Å². The molecule has 1 aromatic rings. The van der Waals surface area contributed by atoms with Gasteiger partial charge >= 0.3 is 6.09 Å². The van der Waals surface area contributed by atoms with E-state index in [2.05, 4.69) is 5.32 Å². The maximum absolute atomic E-state index is 11.8. The molecule has 98 valence electrons. The molecule has 1 N–H and O–H groups in total. The number of carbonyl (C=O) groups excluding carboxylic acids is 1. The molecular formula is C14H20N2O2. The summed E-state index contributed by atoms with van der Waals surface area (Å²) >= 11 is 0. The van der Waals surface area contributed by atoms with Crippen LogP contribution in [0.5, 0.6) is 0 Å². The zero-order valence-electron chi connectivity index (χ0n) is 10.6. The lowest BCUT2D eigenvalue weighted by molar-refractivity contribution is 0.106. The molecule has 0 radical (unpaired) electrons. The molecule has 1 aliphatic rings. The van der Waals surface area contributed by atoms with Gasteiger partial charge in [0.15, 0.2) is 0 Å². The second-order valence-electron chi connectivity index (χ2n) is 4.44. The Morgan fingerprint density at radius 2 is 2.06 bits per heavy atom. The SMILES string of the molecule is O=C(OCCc1ccccc1)N1CCCNCC1. The Kier molecular flexibility index (Phi) is 5.02. The molecule has 4 nitrogen and oxygen atoms in total. The molecule has 0 atom stereocenters. The van der Waals surface area contributed by atoms with Gasteiger partial charge in [0.2, 0.25) is 0 Å². The summed E-state index contributed by atoms with van der Waals surface area (Å²) < 4.78 is 5.30. The molecule has 18 heavy (non-hydrogen) atoms. The molecule has 1 fully saturated rings. The van der Waals surface area contributed by atoms with Crippen LogP contribution in [-0.2, 0) is 11.2 Å². The van der Waals surface area contributed by atoms with Crippen LogP contribution in [0.4, 0.5) is 4.79 Å². The van der Waals surface area contributed by atoms with Crippen LogP contribution in [0.2, 0.25) is 0 Å². The van der Waals surface area contributed by atoms with Crippen molar-refractivity contribution in [2.45, 2.75) is 12.8 Å². The van der Waals surface area contributed by atoms with Gasteiger partial charge in [0, 0.05) is 26.1 Å². The first-order valence-corrected chi connectivity index (χ1v) is 6.52. The number of nitrogens with one attached hydrogen (secondary N) is 1. The molecule has 0 bridgehead atoms. The Balaban J connectivity index is 1.71. The summed E-state index contributed by atoms with van der Waals surface area (Å²) in [4.78, 5) is 13.6. The molecule has 1 amide bonds. The first-order chi connectivity index (χ1) is 8.86. The van der Waals surface area contributed by atoms with Crippen molar-refractivity contribution < 1.29 is 9.53 Å². The van der Waals surface area contributed by atoms with E-state index >= 15 is 0 Å². The second-order valence-corrected chi connectivity index (χ2v) is 4.44. The van der Waals surface area contributed by atoms with Crippen molar-refractivity contribution in [2.24, 2.45) is 0 Å². The van der Waals surface area contributed by atoms with Crippen molar-refractivity contribution in [2.75, 3.05) is 32.8 Å². The Labute approximate surface area is 108 Å². The number of carbonyl (C=O) groups is 1. The third-order valence-corrected chi connectivity index (χ3v) is 3.06. The third-order valence-electron chi connectivity index (χ3n) is 3.06. The van der Waals surface area contributed by atoms with E-state index in [1.807, 2.05) is 30.3 Å². The maximum atomic E-state index is 11.8. The number of rotatable bonds is 3. The fraction of sp³-hybridized carbons (Fsp3) is 0.500. The summed E-state index contributed by atoms with van der Waals surface area (Å²) in [5.74, 6) is 0. The van der Waals surface area contributed by atoms with Gasteiger partial charge in [-0.2, -0.15) is 0 Å². The largest absolute Gasteiger partial charge is 0.449 e. The average Bonchev–Trinajstić information content (AvgIpc) is 2.69. The molecule has 1 saturated heterocycles. The van der Waals surface area contributed by atoms with Gasteiger partial charge in [0.1, 0.15) is 0 Å². The highest BCUT2D eigenvalue weighted by molar-refractivity contribution is 5.67. The zero-order valence-corrected chi connectivity index (χ0v) is 10.6. The zero-order chi connectivity index (χ0) is 12.6. The van der Waals surface area contributed by atoms with E-state index in [1.54, 1.807) is 4.90 Å². The Hall–Kier alpha value is -1.55. The lowest BCUT2D eigenvalue weighted by Crippen LogP contribution is -2.35. The van der Waals surface area contributed by atoms with Crippen LogP contribution < -0.4 is 5.32 Å². The van der Waals surface area contributed by atoms with E-state index in [4.69, 9.17) is 4.74 Å². The summed E-state index contributed by atoms with van der Waals surface area (Å²) in [6.45, 7) is 3.82. The summed E-state index contributed by atoms with van der Waals surface area (Å²) in [7, 11) is 0. The van der Waals surface area contributed by atoms with Gasteiger partial charge in [-0.25, -0.2) is 4.79 Å². The van der Waals surface area contributed by atoms with Crippen molar-refractivity contribution in [3.63, 3.8) is 0 Å². The van der Waals surface area contributed by atoms with Gasteiger partial charge in [-0.1, -0.05) is 30.3 Å². The first-order valence-electron chi connectivity index (χ1n) is 6.52. The van der Waals surface area contributed by atoms with Crippen LogP contribution in [0.1, 0.15) is 12.0 Å². The fourth-order valence-electron chi connectivity index (χ4n) is 2.02. The van der Waals surface area contributed by atoms with Gasteiger partial charge in [-0.15, -0.1) is 0 Å². The number of ether oxygens (including phenoxy) is 1. The molecule has 0 aliphatic carbocycles. The van der Waals surface area contributed by atoms with Crippen LogP contribution in [0.25, 0.3) is 0 Å². The van der Waals surface area contributed by atoms with Crippen LogP contribution in [0.15, 0.2) is 30.3 Å². The summed E-state index contributed by atoms with van der Waals surface area (Å²) in [6, 6.07) is 10.1. The lowest BCUT2D eigenvalue weighted by atomic mass is 10.2. The maximum Gasteiger partial charge on any atom is 0.409 e. The monoisotopic (exact) mass is 248 g/mol. The van der Waals surface area contributed by atoms with Crippen molar-refractivity contribution >= 4 is 6.09 Å². The van der Waals surface area contributed by atoms with Crippen LogP contribution in [-0.4, -0.2) is 43.8 Å². The highest BCUT2D eigenvalue weighted by Gasteiger charge is 2.15. The number of nitrogens with zero attached hydrogens (tertiary/aromatic N) is 1. The smallest absolute Gasteiger partial charge is 0.409 e. The summed E-state index contributed by atoms with van der Waals surface area (Å²) in [6.07, 6.45) is 1.58. The predicted octanol–water partition coefficient (Wildman–Crippen LogP) is 1.66. The second kappa shape index (κ2) is 7.01. The molecule has 2 rings (SSSR count). The molecule has 1 heterocycles. The van der Waals surface area contributed by atoms with Crippen molar-refractivity contribution in [1.82, 2.24) is 10.2 Å².